The van der Waals surface area contributed by atoms with Crippen molar-refractivity contribution in [1.29, 1.82) is 10.5 Å². The monoisotopic (exact) mass is 670 g/mol. The molecule has 0 unspecified atom stereocenters. The fourth-order valence-corrected chi connectivity index (χ4v) is 6.83. The standard InChI is InChI=1S/C40H20F6N4/c41-39(42,43)26-12-14-35-30(19-26)28-8-1-3-10-33(28)49(35)37-17-25(24-7-5-6-23(16-24)21-47)18-38(32(37)22-48)50-34-11-4-2-9-29(34)31-20-27(40(44,45)46)13-15-36(31)50/h1-20H. The highest BCUT2D eigenvalue weighted by Crippen LogP contribution is 2.42. The maximum absolute atomic E-state index is 13.9. The molecule has 10 heteroatoms. The van der Waals surface area contributed by atoms with Crippen LogP contribution in [0.1, 0.15) is 22.3 Å². The van der Waals surface area contributed by atoms with Gasteiger partial charge in [0.05, 0.1) is 56.2 Å². The molecule has 0 aliphatic carbocycles. The lowest BCUT2D eigenvalue weighted by molar-refractivity contribution is -0.138. The van der Waals surface area contributed by atoms with Crippen LogP contribution in [0.4, 0.5) is 26.3 Å². The third-order valence-electron chi connectivity index (χ3n) is 9.02. The SMILES string of the molecule is N#Cc1cccc(-c2cc(-n3c4ccccc4c4cc(C(F)(F)F)ccc43)c(C#N)c(-n3c4ccccc4c4cc(C(F)(F)F)ccc43)c2)c1. The van der Waals surface area contributed by atoms with E-state index < -0.39 is 23.5 Å². The zero-order valence-corrected chi connectivity index (χ0v) is 25.6. The smallest absolute Gasteiger partial charge is 0.308 e. The minimum absolute atomic E-state index is 0.135. The van der Waals surface area contributed by atoms with Crippen LogP contribution in [-0.4, -0.2) is 9.13 Å². The van der Waals surface area contributed by atoms with Gasteiger partial charge in [-0.25, -0.2) is 0 Å². The first-order chi connectivity index (χ1) is 24.0. The summed E-state index contributed by atoms with van der Waals surface area (Å²) >= 11 is 0. The van der Waals surface area contributed by atoms with Crippen molar-refractivity contribution in [1.82, 2.24) is 9.13 Å². The molecule has 2 aromatic heterocycles. The van der Waals surface area contributed by atoms with E-state index in [2.05, 4.69) is 12.1 Å². The van der Waals surface area contributed by atoms with Gasteiger partial charge >= 0.3 is 12.4 Å². The molecule has 0 spiro atoms. The fraction of sp³-hybridized carbons (Fsp3) is 0.0500. The number of aromatic nitrogens is 2. The van der Waals surface area contributed by atoms with Crippen LogP contribution in [0.25, 0.3) is 66.1 Å². The molecule has 0 atom stereocenters. The minimum atomic E-state index is -4.59. The van der Waals surface area contributed by atoms with Crippen molar-refractivity contribution >= 4 is 43.6 Å². The van der Waals surface area contributed by atoms with Gasteiger partial charge in [0, 0.05) is 21.5 Å². The van der Waals surface area contributed by atoms with Crippen LogP contribution in [0.2, 0.25) is 0 Å². The molecule has 8 aromatic rings. The summed E-state index contributed by atoms with van der Waals surface area (Å²) in [5.74, 6) is 0. The molecule has 0 aliphatic heterocycles. The second kappa shape index (κ2) is 11.0. The summed E-state index contributed by atoms with van der Waals surface area (Å²) < 4.78 is 86.8. The van der Waals surface area contributed by atoms with Crippen molar-refractivity contribution in [3.8, 4) is 34.6 Å². The summed E-state index contributed by atoms with van der Waals surface area (Å²) in [4.78, 5) is 0. The van der Waals surface area contributed by atoms with Crippen molar-refractivity contribution in [3.63, 3.8) is 0 Å². The maximum atomic E-state index is 13.9. The quantitative estimate of drug-likeness (QED) is 0.176. The van der Waals surface area contributed by atoms with Gasteiger partial charge in [0.25, 0.3) is 0 Å². The van der Waals surface area contributed by atoms with Crippen molar-refractivity contribution in [2.24, 2.45) is 0 Å². The molecule has 0 N–H and O–H groups in total. The van der Waals surface area contributed by atoms with E-state index in [1.807, 2.05) is 0 Å². The number of para-hydroxylation sites is 2. The number of nitrogens with zero attached hydrogens (tertiary/aromatic N) is 4. The van der Waals surface area contributed by atoms with E-state index in [-0.39, 0.29) is 5.56 Å². The highest BCUT2D eigenvalue weighted by atomic mass is 19.4. The predicted molar refractivity (Wildman–Crippen MR) is 180 cm³/mol. The Labute approximate surface area is 279 Å². The topological polar surface area (TPSA) is 57.4 Å². The average molecular weight is 671 g/mol. The number of hydrogen-bond acceptors (Lipinski definition) is 2. The van der Waals surface area contributed by atoms with Crippen molar-refractivity contribution in [2.75, 3.05) is 0 Å². The average Bonchev–Trinajstić information content (AvgIpc) is 3.62. The Hall–Kier alpha value is -6.52. The number of benzene rings is 6. The third kappa shape index (κ3) is 4.76. The molecule has 0 saturated heterocycles. The second-order valence-corrected chi connectivity index (χ2v) is 11.9. The highest BCUT2D eigenvalue weighted by Gasteiger charge is 2.33. The van der Waals surface area contributed by atoms with Crippen molar-refractivity contribution in [2.45, 2.75) is 12.4 Å². The zero-order valence-electron chi connectivity index (χ0n) is 25.6. The molecule has 2 heterocycles. The van der Waals surface area contributed by atoms with Gasteiger partial charge in [0.1, 0.15) is 11.6 Å². The lowest BCUT2D eigenvalue weighted by Gasteiger charge is -2.18. The van der Waals surface area contributed by atoms with Gasteiger partial charge < -0.3 is 9.13 Å². The van der Waals surface area contributed by atoms with Gasteiger partial charge in [-0.15, -0.1) is 0 Å². The summed E-state index contributed by atoms with van der Waals surface area (Å²) in [5, 5.41) is 22.3. The van der Waals surface area contributed by atoms with Crippen LogP contribution in [0.5, 0.6) is 0 Å². The lowest BCUT2D eigenvalue weighted by Crippen LogP contribution is -2.06. The molecule has 6 aromatic carbocycles. The van der Waals surface area contributed by atoms with E-state index in [1.165, 1.54) is 12.1 Å². The largest absolute Gasteiger partial charge is 0.416 e. The number of fused-ring (bicyclic) bond motifs is 6. The predicted octanol–water partition coefficient (Wildman–Crippen LogP) is 11.3. The molecular weight excluding hydrogens is 650 g/mol. The van der Waals surface area contributed by atoms with Gasteiger partial charge in [-0.05, 0) is 83.9 Å². The van der Waals surface area contributed by atoms with Crippen LogP contribution < -0.4 is 0 Å². The molecular formula is C40H20F6N4. The van der Waals surface area contributed by atoms with E-state index in [0.717, 1.165) is 24.3 Å². The summed E-state index contributed by atoms with van der Waals surface area (Å²) in [5.41, 5.74) is 2.67. The Bertz CT molecular complexity index is 2620. The highest BCUT2D eigenvalue weighted by molar-refractivity contribution is 6.11. The summed E-state index contributed by atoms with van der Waals surface area (Å²) in [7, 11) is 0. The Kier molecular flexibility index (Phi) is 6.78. The fourth-order valence-electron chi connectivity index (χ4n) is 6.83. The van der Waals surface area contributed by atoms with Gasteiger partial charge in [-0.3, -0.25) is 0 Å². The van der Waals surface area contributed by atoms with Crippen molar-refractivity contribution < 1.29 is 26.3 Å². The molecule has 8 rings (SSSR count). The Morgan fingerprint density at radius 2 is 0.920 bits per heavy atom. The van der Waals surface area contributed by atoms with Crippen LogP contribution in [-0.2, 0) is 12.4 Å². The minimum Gasteiger partial charge on any atom is -0.308 e. The molecule has 0 amide bonds. The van der Waals surface area contributed by atoms with Crippen LogP contribution in [0, 0.1) is 22.7 Å². The number of halogens is 6. The van der Waals surface area contributed by atoms with Crippen LogP contribution in [0.15, 0.2) is 121 Å². The maximum Gasteiger partial charge on any atom is 0.416 e. The van der Waals surface area contributed by atoms with Gasteiger partial charge in [-0.1, -0.05) is 48.5 Å². The molecule has 4 nitrogen and oxygen atoms in total. The molecule has 0 radical (unpaired) electrons. The molecule has 242 valence electrons. The van der Waals surface area contributed by atoms with E-state index in [0.29, 0.717) is 71.7 Å². The third-order valence-corrected chi connectivity index (χ3v) is 9.02. The first-order valence-corrected chi connectivity index (χ1v) is 15.3. The van der Waals surface area contributed by atoms with E-state index in [9.17, 15) is 36.9 Å². The first-order valence-electron chi connectivity index (χ1n) is 15.3. The normalized spacial score (nSPS) is 12.2. The van der Waals surface area contributed by atoms with Crippen LogP contribution >= 0.6 is 0 Å². The van der Waals surface area contributed by atoms with E-state index >= 15 is 0 Å². The lowest BCUT2D eigenvalue weighted by atomic mass is 9.98. The van der Waals surface area contributed by atoms with Crippen molar-refractivity contribution in [3.05, 3.63) is 144 Å². The van der Waals surface area contributed by atoms with Gasteiger partial charge in [0.15, 0.2) is 0 Å². The molecule has 0 fully saturated rings. The van der Waals surface area contributed by atoms with Gasteiger partial charge in [-0.2, -0.15) is 36.9 Å². The first kappa shape index (κ1) is 30.8. The summed E-state index contributed by atoms with van der Waals surface area (Å²) in [6.07, 6.45) is -9.17. The number of hydrogen-bond donors (Lipinski definition) is 0. The molecule has 0 aliphatic rings. The van der Waals surface area contributed by atoms with E-state index in [4.69, 9.17) is 0 Å². The van der Waals surface area contributed by atoms with E-state index in [1.54, 1.807) is 94.1 Å². The molecule has 0 bridgehead atoms. The summed E-state index contributed by atoms with van der Waals surface area (Å²) in [6, 6.07) is 35.6. The molecule has 50 heavy (non-hydrogen) atoms. The molecule has 0 saturated carbocycles. The number of rotatable bonds is 3. The number of nitriles is 2. The summed E-state index contributed by atoms with van der Waals surface area (Å²) in [6.45, 7) is 0. The Morgan fingerprint density at radius 1 is 0.440 bits per heavy atom. The zero-order chi connectivity index (χ0) is 34.9. The van der Waals surface area contributed by atoms with Crippen LogP contribution in [0.3, 0.4) is 0 Å². The Morgan fingerprint density at radius 3 is 1.38 bits per heavy atom. The second-order valence-electron chi connectivity index (χ2n) is 11.9. The number of alkyl halides is 6. The Balaban J connectivity index is 1.53. The van der Waals surface area contributed by atoms with Gasteiger partial charge in [0.2, 0.25) is 0 Å².